The van der Waals surface area contributed by atoms with Crippen LogP contribution in [0, 0.1) is 12.7 Å². The molecule has 1 atom stereocenters. The molecule has 0 fully saturated rings. The van der Waals surface area contributed by atoms with Crippen LogP contribution in [0.2, 0.25) is 0 Å². The van der Waals surface area contributed by atoms with Gasteiger partial charge in [-0.05, 0) is 25.8 Å². The van der Waals surface area contributed by atoms with Crippen molar-refractivity contribution in [2.45, 2.75) is 32.1 Å². The molecule has 0 radical (unpaired) electrons. The summed E-state index contributed by atoms with van der Waals surface area (Å²) in [6, 6.07) is 6.59. The third kappa shape index (κ3) is 1.81. The van der Waals surface area contributed by atoms with Crippen LogP contribution in [0.3, 0.4) is 0 Å². The van der Waals surface area contributed by atoms with Gasteiger partial charge in [0, 0.05) is 29.2 Å². The first-order chi connectivity index (χ1) is 10.7. The number of nitrogens with one attached hydrogen (secondary N) is 1. The molecule has 1 unspecified atom stereocenters. The lowest BCUT2D eigenvalue weighted by Crippen LogP contribution is -2.27. The molecular weight excluding hydrogens is 283 g/mol. The largest absolute Gasteiger partial charge is 0.338 e. The first kappa shape index (κ1) is 13.2. The van der Waals surface area contributed by atoms with Crippen molar-refractivity contribution in [3.63, 3.8) is 0 Å². The summed E-state index contributed by atoms with van der Waals surface area (Å²) in [7, 11) is 0. The maximum atomic E-state index is 14.4. The number of rotatable bonds is 1. The van der Waals surface area contributed by atoms with E-state index >= 15 is 0 Å². The first-order valence-corrected chi connectivity index (χ1v) is 7.40. The number of nitrogens with zero attached hydrogens (tertiary/aromatic N) is 1. The van der Waals surface area contributed by atoms with Gasteiger partial charge in [0.25, 0.3) is 0 Å². The number of fused-ring (bicyclic) bond motifs is 1. The third-order valence-corrected chi connectivity index (χ3v) is 4.42. The number of halogens is 1. The first-order valence-electron chi connectivity index (χ1n) is 7.40. The second-order valence-electron chi connectivity index (χ2n) is 5.76. The Morgan fingerprint density at radius 3 is 2.95 bits per heavy atom. The third-order valence-electron chi connectivity index (χ3n) is 4.42. The molecule has 4 rings (SSSR count). The van der Waals surface area contributed by atoms with E-state index in [-0.39, 0.29) is 11.6 Å². The molecule has 2 aliphatic rings. The van der Waals surface area contributed by atoms with Gasteiger partial charge < -0.3 is 9.84 Å². The number of hydrogen-bond donors (Lipinski definition) is 1. The maximum absolute atomic E-state index is 14.4. The monoisotopic (exact) mass is 298 g/mol. The highest BCUT2D eigenvalue weighted by Gasteiger charge is 2.39. The topological polar surface area (TPSA) is 55.1 Å². The van der Waals surface area contributed by atoms with Crippen LogP contribution in [0.1, 0.15) is 42.0 Å². The standard InChI is InChI=1S/C17H15FN2O2/c1-9-14-15(10-5-2-3-6-11(10)18)16-12(7-4-8-13(16)21)19-17(14)22-20-9/h2-3,5-6,15,19H,4,7-8H2,1H3. The normalized spacial score (nSPS) is 20.5. The molecule has 2 aromatic rings. The minimum absolute atomic E-state index is 0.0771. The summed E-state index contributed by atoms with van der Waals surface area (Å²) in [4.78, 5) is 12.5. The molecule has 0 amide bonds. The molecule has 4 nitrogen and oxygen atoms in total. The molecule has 0 bridgehead atoms. The molecule has 0 saturated carbocycles. The van der Waals surface area contributed by atoms with Gasteiger partial charge in [-0.3, -0.25) is 4.79 Å². The molecule has 0 spiro atoms. The minimum atomic E-state index is -0.438. The summed E-state index contributed by atoms with van der Waals surface area (Å²) < 4.78 is 19.7. The van der Waals surface area contributed by atoms with Gasteiger partial charge in [0.1, 0.15) is 5.82 Å². The summed E-state index contributed by atoms with van der Waals surface area (Å²) in [5.74, 6) is -0.148. The molecule has 1 aromatic heterocycles. The highest BCUT2D eigenvalue weighted by molar-refractivity contribution is 6.00. The van der Waals surface area contributed by atoms with E-state index in [4.69, 9.17) is 4.52 Å². The molecule has 1 aliphatic heterocycles. The Hall–Kier alpha value is -2.43. The lowest BCUT2D eigenvalue weighted by molar-refractivity contribution is -0.116. The average Bonchev–Trinajstić information content (AvgIpc) is 2.88. The second-order valence-corrected chi connectivity index (χ2v) is 5.76. The molecule has 2 heterocycles. The number of aromatic nitrogens is 1. The van der Waals surface area contributed by atoms with Gasteiger partial charge in [0.2, 0.25) is 5.88 Å². The zero-order valence-electron chi connectivity index (χ0n) is 12.1. The number of hydrogen-bond acceptors (Lipinski definition) is 4. The number of benzene rings is 1. The van der Waals surface area contributed by atoms with Crippen molar-refractivity contribution >= 4 is 11.7 Å². The number of carbonyl (C=O) groups excluding carboxylic acids is 1. The molecular formula is C17H15FN2O2. The Morgan fingerprint density at radius 2 is 2.14 bits per heavy atom. The van der Waals surface area contributed by atoms with Crippen molar-refractivity contribution in [3.05, 3.63) is 58.2 Å². The highest BCUT2D eigenvalue weighted by atomic mass is 19.1. The summed E-state index contributed by atoms with van der Waals surface area (Å²) >= 11 is 0. The van der Waals surface area contributed by atoms with E-state index in [0.29, 0.717) is 29.1 Å². The fraction of sp³-hybridized carbons (Fsp3) is 0.294. The predicted molar refractivity (Wildman–Crippen MR) is 79.0 cm³/mol. The minimum Gasteiger partial charge on any atom is -0.338 e. The second kappa shape index (κ2) is 4.80. The molecule has 1 aliphatic carbocycles. The molecule has 0 saturated heterocycles. The van der Waals surface area contributed by atoms with Crippen molar-refractivity contribution in [1.82, 2.24) is 5.16 Å². The van der Waals surface area contributed by atoms with Gasteiger partial charge in [-0.15, -0.1) is 0 Å². The zero-order chi connectivity index (χ0) is 15.3. The maximum Gasteiger partial charge on any atom is 0.233 e. The number of carbonyl (C=O) groups is 1. The zero-order valence-corrected chi connectivity index (χ0v) is 12.1. The Balaban J connectivity index is 1.99. The van der Waals surface area contributed by atoms with Crippen molar-refractivity contribution in [2.24, 2.45) is 0 Å². The van der Waals surface area contributed by atoms with E-state index in [2.05, 4.69) is 10.5 Å². The Kier molecular flexibility index (Phi) is 2.89. The summed E-state index contributed by atoms with van der Waals surface area (Å²) in [6.07, 6.45) is 2.08. The lowest BCUT2D eigenvalue weighted by Gasteiger charge is -2.31. The fourth-order valence-corrected chi connectivity index (χ4v) is 3.44. The van der Waals surface area contributed by atoms with Crippen LogP contribution in [0.25, 0.3) is 0 Å². The van der Waals surface area contributed by atoms with Crippen LogP contribution in [0.4, 0.5) is 10.3 Å². The molecule has 1 aromatic carbocycles. The number of aryl methyl sites for hydroxylation is 1. The number of allylic oxidation sites excluding steroid dienone is 2. The number of Topliss-reactive ketones (excluding diaryl/α,β-unsaturated/α-hetero) is 1. The van der Waals surface area contributed by atoms with Crippen molar-refractivity contribution < 1.29 is 13.7 Å². The summed E-state index contributed by atoms with van der Waals surface area (Å²) in [5, 5.41) is 7.17. The Labute approximate surface area is 127 Å². The van der Waals surface area contributed by atoms with Gasteiger partial charge in [-0.1, -0.05) is 23.4 Å². The van der Waals surface area contributed by atoms with E-state index in [1.165, 1.54) is 6.07 Å². The lowest BCUT2D eigenvalue weighted by atomic mass is 9.76. The van der Waals surface area contributed by atoms with Gasteiger partial charge in [0.05, 0.1) is 11.3 Å². The van der Waals surface area contributed by atoms with Gasteiger partial charge in [-0.25, -0.2) is 4.39 Å². The number of anilines is 1. The van der Waals surface area contributed by atoms with Crippen molar-refractivity contribution in [3.8, 4) is 0 Å². The van der Waals surface area contributed by atoms with Gasteiger partial charge in [-0.2, -0.15) is 0 Å². The van der Waals surface area contributed by atoms with E-state index in [1.54, 1.807) is 18.2 Å². The van der Waals surface area contributed by atoms with E-state index < -0.39 is 5.92 Å². The molecule has 5 heteroatoms. The molecule has 112 valence electrons. The quantitative estimate of drug-likeness (QED) is 0.872. The van der Waals surface area contributed by atoms with Gasteiger partial charge in [0.15, 0.2) is 5.78 Å². The Bertz CT molecular complexity index is 807. The summed E-state index contributed by atoms with van der Waals surface area (Å²) in [6.45, 7) is 1.82. The van der Waals surface area contributed by atoms with E-state index in [9.17, 15) is 9.18 Å². The van der Waals surface area contributed by atoms with Crippen LogP contribution < -0.4 is 5.32 Å². The average molecular weight is 298 g/mol. The van der Waals surface area contributed by atoms with Crippen molar-refractivity contribution in [1.29, 1.82) is 0 Å². The summed E-state index contributed by atoms with van der Waals surface area (Å²) in [5.41, 5.74) is 3.45. The van der Waals surface area contributed by atoms with E-state index in [0.717, 1.165) is 24.1 Å². The van der Waals surface area contributed by atoms with Crippen molar-refractivity contribution in [2.75, 3.05) is 5.32 Å². The fourth-order valence-electron chi connectivity index (χ4n) is 3.44. The van der Waals surface area contributed by atoms with Crippen LogP contribution in [-0.4, -0.2) is 10.9 Å². The predicted octanol–water partition coefficient (Wildman–Crippen LogP) is 3.69. The molecule has 1 N–H and O–H groups in total. The van der Waals surface area contributed by atoms with Crippen LogP contribution in [-0.2, 0) is 4.79 Å². The number of ketones is 1. The van der Waals surface area contributed by atoms with Gasteiger partial charge >= 0.3 is 0 Å². The smallest absolute Gasteiger partial charge is 0.233 e. The van der Waals surface area contributed by atoms with Crippen LogP contribution >= 0.6 is 0 Å². The van der Waals surface area contributed by atoms with E-state index in [1.807, 2.05) is 6.92 Å². The van der Waals surface area contributed by atoms with Crippen LogP contribution in [0.5, 0.6) is 0 Å². The Morgan fingerprint density at radius 1 is 1.32 bits per heavy atom. The SMILES string of the molecule is Cc1noc2c1C(c1ccccc1F)C1=C(CCCC1=O)N2. The molecule has 22 heavy (non-hydrogen) atoms. The highest BCUT2D eigenvalue weighted by Crippen LogP contribution is 2.46. The van der Waals surface area contributed by atoms with Crippen LogP contribution in [0.15, 0.2) is 40.1 Å².